The van der Waals surface area contributed by atoms with Crippen LogP contribution in [0.25, 0.3) is 0 Å². The number of anilines is 2. The summed E-state index contributed by atoms with van der Waals surface area (Å²) < 4.78 is 4.49. The molecule has 0 aliphatic carbocycles. The van der Waals surface area contributed by atoms with E-state index in [0.717, 1.165) is 0 Å². The van der Waals surface area contributed by atoms with Crippen LogP contribution in [-0.4, -0.2) is 24.1 Å². The number of hydrogen-bond acceptors (Lipinski definition) is 5. The lowest BCUT2D eigenvalue weighted by atomic mass is 10.2. The van der Waals surface area contributed by atoms with Gasteiger partial charge in [0.1, 0.15) is 5.69 Å². The number of ether oxygens (including phenoxy) is 1. The van der Waals surface area contributed by atoms with Crippen molar-refractivity contribution < 1.29 is 14.3 Å². The average Bonchev–Trinajstić information content (AvgIpc) is 2.93. The van der Waals surface area contributed by atoms with E-state index in [1.165, 1.54) is 18.4 Å². The number of rotatable bonds is 3. The number of hydrogen-bond donors (Lipinski definition) is 2. The third kappa shape index (κ3) is 3.52. The Labute approximate surface area is 113 Å². The van der Waals surface area contributed by atoms with E-state index in [2.05, 4.69) is 20.4 Å². The number of benzene rings is 1. The molecule has 0 radical (unpaired) electrons. The van der Waals surface area contributed by atoms with Crippen LogP contribution in [0.1, 0.15) is 10.5 Å². The Morgan fingerprint density at radius 3 is 2.63 bits per heavy atom. The largest absolute Gasteiger partial charge is 0.453 e. The number of nitrogens with zero attached hydrogens (tertiary/aromatic N) is 1. The van der Waals surface area contributed by atoms with Gasteiger partial charge in [0.25, 0.3) is 5.91 Å². The van der Waals surface area contributed by atoms with E-state index in [1.807, 2.05) is 0 Å². The van der Waals surface area contributed by atoms with Crippen LogP contribution in [0.2, 0.25) is 0 Å². The Kier molecular flexibility index (Phi) is 4.09. The van der Waals surface area contributed by atoms with Gasteiger partial charge >= 0.3 is 6.09 Å². The number of aromatic nitrogens is 1. The highest BCUT2D eigenvalue weighted by Gasteiger charge is 2.08. The number of carbonyl (C=O) groups is 2. The Morgan fingerprint density at radius 2 is 2.00 bits per heavy atom. The van der Waals surface area contributed by atoms with E-state index in [4.69, 9.17) is 0 Å². The van der Waals surface area contributed by atoms with Gasteiger partial charge in [-0.15, -0.1) is 11.3 Å². The molecule has 2 N–H and O–H groups in total. The van der Waals surface area contributed by atoms with Crippen molar-refractivity contribution in [3.63, 3.8) is 0 Å². The van der Waals surface area contributed by atoms with Gasteiger partial charge in [-0.05, 0) is 18.2 Å². The van der Waals surface area contributed by atoms with E-state index >= 15 is 0 Å². The highest BCUT2D eigenvalue weighted by atomic mass is 32.1. The van der Waals surface area contributed by atoms with E-state index in [0.29, 0.717) is 17.1 Å². The van der Waals surface area contributed by atoms with Crippen molar-refractivity contribution in [2.45, 2.75) is 0 Å². The van der Waals surface area contributed by atoms with Gasteiger partial charge in [-0.25, -0.2) is 9.78 Å². The predicted molar refractivity (Wildman–Crippen MR) is 72.5 cm³/mol. The second-order valence-corrected chi connectivity index (χ2v) is 4.24. The van der Waals surface area contributed by atoms with Gasteiger partial charge in [-0.2, -0.15) is 0 Å². The van der Waals surface area contributed by atoms with Crippen LogP contribution >= 0.6 is 11.3 Å². The number of methoxy groups -OCH3 is 1. The monoisotopic (exact) mass is 277 g/mol. The first kappa shape index (κ1) is 13.0. The van der Waals surface area contributed by atoms with Crippen molar-refractivity contribution in [1.82, 2.24) is 4.98 Å². The minimum atomic E-state index is -0.567. The lowest BCUT2D eigenvalue weighted by Crippen LogP contribution is -2.13. The summed E-state index contributed by atoms with van der Waals surface area (Å²) in [5.74, 6) is -0.295. The Morgan fingerprint density at radius 1 is 1.26 bits per heavy atom. The molecule has 6 nitrogen and oxygen atoms in total. The fraction of sp³-hybridized carbons (Fsp3) is 0.0833. The standard InChI is InChI=1S/C12H11N3O3S/c1-18-12(17)15-9-4-2-3-8(5-9)14-11(16)10-6-19-7-13-10/h2-7H,1H3,(H,14,16)(H,15,17). The second-order valence-electron chi connectivity index (χ2n) is 3.53. The van der Waals surface area contributed by atoms with Gasteiger partial charge in [-0.3, -0.25) is 10.1 Å². The van der Waals surface area contributed by atoms with Crippen molar-refractivity contribution in [1.29, 1.82) is 0 Å². The summed E-state index contributed by atoms with van der Waals surface area (Å²) in [6.07, 6.45) is -0.567. The first-order chi connectivity index (χ1) is 9.19. The van der Waals surface area contributed by atoms with Gasteiger partial charge in [0.15, 0.2) is 0 Å². The van der Waals surface area contributed by atoms with Crippen LogP contribution in [0.15, 0.2) is 35.2 Å². The average molecular weight is 277 g/mol. The highest BCUT2D eigenvalue weighted by Crippen LogP contribution is 2.16. The van der Waals surface area contributed by atoms with Crippen LogP contribution in [0.5, 0.6) is 0 Å². The van der Waals surface area contributed by atoms with Crippen LogP contribution in [0, 0.1) is 0 Å². The number of thiazole rings is 1. The van der Waals surface area contributed by atoms with Crippen LogP contribution < -0.4 is 10.6 Å². The van der Waals surface area contributed by atoms with Gasteiger partial charge in [0.05, 0.1) is 12.6 Å². The zero-order valence-corrected chi connectivity index (χ0v) is 10.9. The highest BCUT2D eigenvalue weighted by molar-refractivity contribution is 7.07. The van der Waals surface area contributed by atoms with Gasteiger partial charge in [-0.1, -0.05) is 6.07 Å². The normalized spacial score (nSPS) is 9.74. The topological polar surface area (TPSA) is 80.3 Å². The summed E-state index contributed by atoms with van der Waals surface area (Å²) in [5, 5.41) is 6.86. The fourth-order valence-electron chi connectivity index (χ4n) is 1.36. The SMILES string of the molecule is COC(=O)Nc1cccc(NC(=O)c2cscn2)c1. The minimum Gasteiger partial charge on any atom is -0.453 e. The van der Waals surface area contributed by atoms with Crippen LogP contribution in [0.4, 0.5) is 16.2 Å². The zero-order valence-electron chi connectivity index (χ0n) is 10.0. The third-order valence-corrected chi connectivity index (χ3v) is 2.80. The molecule has 0 aliphatic rings. The maximum atomic E-state index is 11.8. The molecule has 1 aromatic carbocycles. The van der Waals surface area contributed by atoms with Crippen LogP contribution in [0.3, 0.4) is 0 Å². The lowest BCUT2D eigenvalue weighted by molar-refractivity contribution is 0.102. The summed E-state index contributed by atoms with van der Waals surface area (Å²) in [7, 11) is 1.28. The Hall–Kier alpha value is -2.41. The molecule has 0 spiro atoms. The van der Waals surface area contributed by atoms with Crippen molar-refractivity contribution in [2.24, 2.45) is 0 Å². The molecule has 2 amide bonds. The maximum absolute atomic E-state index is 11.8. The van der Waals surface area contributed by atoms with Crippen molar-refractivity contribution >= 4 is 34.7 Å². The molecule has 0 aliphatic heterocycles. The summed E-state index contributed by atoms with van der Waals surface area (Å²) >= 11 is 1.35. The Bertz CT molecular complexity index is 584. The summed E-state index contributed by atoms with van der Waals surface area (Å²) in [4.78, 5) is 26.8. The quantitative estimate of drug-likeness (QED) is 0.903. The molecule has 2 rings (SSSR count). The Balaban J connectivity index is 2.07. The molecule has 0 saturated heterocycles. The molecular formula is C12H11N3O3S. The van der Waals surface area contributed by atoms with E-state index in [1.54, 1.807) is 35.2 Å². The summed E-state index contributed by atoms with van der Waals surface area (Å²) in [5.41, 5.74) is 3.04. The van der Waals surface area contributed by atoms with Crippen molar-refractivity contribution in [3.05, 3.63) is 40.8 Å². The zero-order chi connectivity index (χ0) is 13.7. The predicted octanol–water partition coefficient (Wildman–Crippen LogP) is 2.57. The lowest BCUT2D eigenvalue weighted by Gasteiger charge is -2.07. The molecule has 7 heteroatoms. The van der Waals surface area contributed by atoms with E-state index in [9.17, 15) is 9.59 Å². The van der Waals surface area contributed by atoms with Gasteiger partial charge in [0.2, 0.25) is 0 Å². The molecule has 2 aromatic rings. The van der Waals surface area contributed by atoms with Crippen LogP contribution in [-0.2, 0) is 4.74 Å². The first-order valence-corrected chi connectivity index (χ1v) is 6.28. The molecular weight excluding hydrogens is 266 g/mol. The van der Waals surface area contributed by atoms with Gasteiger partial charge in [0, 0.05) is 16.8 Å². The molecule has 0 fully saturated rings. The smallest absolute Gasteiger partial charge is 0.411 e. The van der Waals surface area contributed by atoms with E-state index < -0.39 is 6.09 Å². The number of nitrogens with one attached hydrogen (secondary N) is 2. The molecule has 1 aromatic heterocycles. The minimum absolute atomic E-state index is 0.295. The molecule has 1 heterocycles. The fourth-order valence-corrected chi connectivity index (χ4v) is 1.90. The van der Waals surface area contributed by atoms with Gasteiger partial charge < -0.3 is 10.1 Å². The molecule has 0 bridgehead atoms. The third-order valence-electron chi connectivity index (χ3n) is 2.22. The summed E-state index contributed by atoms with van der Waals surface area (Å²) in [6, 6.07) is 6.74. The molecule has 19 heavy (non-hydrogen) atoms. The molecule has 0 atom stereocenters. The first-order valence-electron chi connectivity index (χ1n) is 5.33. The second kappa shape index (κ2) is 5.96. The van der Waals surface area contributed by atoms with Crippen molar-refractivity contribution in [2.75, 3.05) is 17.7 Å². The molecule has 0 saturated carbocycles. The van der Waals surface area contributed by atoms with Crippen molar-refractivity contribution in [3.8, 4) is 0 Å². The maximum Gasteiger partial charge on any atom is 0.411 e. The number of amides is 2. The summed E-state index contributed by atoms with van der Waals surface area (Å²) in [6.45, 7) is 0. The number of carbonyl (C=O) groups excluding carboxylic acids is 2. The van der Waals surface area contributed by atoms with E-state index in [-0.39, 0.29) is 5.91 Å². The molecule has 98 valence electrons. The molecule has 0 unspecified atom stereocenters.